The molecule has 3 aliphatic heterocycles. The summed E-state index contributed by atoms with van der Waals surface area (Å²) >= 11 is 0. The van der Waals surface area contributed by atoms with Crippen molar-refractivity contribution in [3.05, 3.63) is 30.3 Å². The zero-order chi connectivity index (χ0) is 19.9. The number of para-hydroxylation sites is 1. The van der Waals surface area contributed by atoms with Crippen LogP contribution >= 0.6 is 0 Å². The second kappa shape index (κ2) is 10.3. The van der Waals surface area contributed by atoms with Crippen LogP contribution in [0.3, 0.4) is 0 Å². The molecule has 5 heteroatoms. The van der Waals surface area contributed by atoms with Crippen molar-refractivity contribution in [2.24, 2.45) is 11.8 Å². The molecule has 0 radical (unpaired) electrons. The molecule has 0 aromatic heterocycles. The summed E-state index contributed by atoms with van der Waals surface area (Å²) in [5.41, 5.74) is 1.30. The predicted octanol–water partition coefficient (Wildman–Crippen LogP) is 3.81. The third-order valence-electron chi connectivity index (χ3n) is 7.07. The van der Waals surface area contributed by atoms with Gasteiger partial charge in [0, 0.05) is 45.0 Å². The number of carbonyl (C=O) groups excluding carboxylic acids is 1. The van der Waals surface area contributed by atoms with Gasteiger partial charge in [0.15, 0.2) is 0 Å². The number of nitrogens with one attached hydrogen (secondary N) is 1. The molecule has 1 aromatic rings. The number of nitrogens with zero attached hydrogens (tertiary/aromatic N) is 3. The first-order chi connectivity index (χ1) is 14.3. The van der Waals surface area contributed by atoms with Gasteiger partial charge in [-0.15, -0.1) is 0 Å². The van der Waals surface area contributed by atoms with Crippen LogP contribution in [-0.2, 0) is 0 Å². The number of urea groups is 1. The topological polar surface area (TPSA) is 38.8 Å². The summed E-state index contributed by atoms with van der Waals surface area (Å²) in [5.74, 6) is 1.33. The fourth-order valence-electron chi connectivity index (χ4n) is 5.22. The molecule has 0 saturated carbocycles. The molecule has 1 unspecified atom stereocenters. The highest BCUT2D eigenvalue weighted by molar-refractivity contribution is 5.74. The van der Waals surface area contributed by atoms with E-state index >= 15 is 0 Å². The average molecular weight is 399 g/mol. The maximum Gasteiger partial charge on any atom is 0.317 e. The Labute approximate surface area is 176 Å². The van der Waals surface area contributed by atoms with E-state index in [-0.39, 0.29) is 6.03 Å². The van der Waals surface area contributed by atoms with Crippen molar-refractivity contribution in [1.29, 1.82) is 0 Å². The number of hydrogen-bond acceptors (Lipinski definition) is 3. The van der Waals surface area contributed by atoms with Crippen LogP contribution in [0.2, 0.25) is 0 Å². The van der Waals surface area contributed by atoms with Crippen molar-refractivity contribution in [3.63, 3.8) is 0 Å². The summed E-state index contributed by atoms with van der Waals surface area (Å²) in [7, 11) is 0. The highest BCUT2D eigenvalue weighted by Crippen LogP contribution is 2.24. The predicted molar refractivity (Wildman–Crippen MR) is 119 cm³/mol. The monoisotopic (exact) mass is 398 g/mol. The number of benzene rings is 1. The molecule has 0 aliphatic carbocycles. The molecular weight excluding hydrogens is 360 g/mol. The van der Waals surface area contributed by atoms with Gasteiger partial charge in [-0.1, -0.05) is 31.0 Å². The third kappa shape index (κ3) is 5.88. The van der Waals surface area contributed by atoms with Crippen molar-refractivity contribution >= 4 is 11.7 Å². The highest BCUT2D eigenvalue weighted by atomic mass is 16.2. The zero-order valence-corrected chi connectivity index (χ0v) is 17.9. The van der Waals surface area contributed by atoms with Crippen molar-refractivity contribution < 1.29 is 4.79 Å². The van der Waals surface area contributed by atoms with Crippen LogP contribution in [0.15, 0.2) is 30.3 Å². The summed E-state index contributed by atoms with van der Waals surface area (Å²) in [6.45, 7) is 8.58. The Kier molecular flexibility index (Phi) is 7.31. The molecule has 2 amide bonds. The molecule has 1 atom stereocenters. The van der Waals surface area contributed by atoms with Gasteiger partial charge in [0.2, 0.25) is 0 Å². The molecule has 3 fully saturated rings. The fourth-order valence-corrected chi connectivity index (χ4v) is 5.22. The summed E-state index contributed by atoms with van der Waals surface area (Å²) in [5, 5.41) is 3.22. The lowest BCUT2D eigenvalue weighted by atomic mass is 9.96. The van der Waals surface area contributed by atoms with Crippen molar-refractivity contribution in [3.8, 4) is 0 Å². The Morgan fingerprint density at radius 3 is 2.28 bits per heavy atom. The van der Waals surface area contributed by atoms with E-state index in [4.69, 9.17) is 0 Å². The SMILES string of the molecule is O=C(NCC1CCN(c2ccccc2)C1)N1CCC(CN2CCCCCC2)CC1. The van der Waals surface area contributed by atoms with Crippen LogP contribution in [-0.4, -0.2) is 68.2 Å². The highest BCUT2D eigenvalue weighted by Gasteiger charge is 2.27. The van der Waals surface area contributed by atoms with E-state index in [0.717, 1.165) is 57.9 Å². The van der Waals surface area contributed by atoms with Crippen molar-refractivity contribution in [2.75, 3.05) is 57.3 Å². The zero-order valence-electron chi connectivity index (χ0n) is 17.9. The van der Waals surface area contributed by atoms with E-state index < -0.39 is 0 Å². The van der Waals surface area contributed by atoms with Gasteiger partial charge < -0.3 is 20.0 Å². The molecule has 29 heavy (non-hydrogen) atoms. The molecular formula is C24H38N4O. The second-order valence-electron chi connectivity index (χ2n) is 9.27. The number of anilines is 1. The van der Waals surface area contributed by atoms with Gasteiger partial charge in [-0.3, -0.25) is 0 Å². The molecule has 1 N–H and O–H groups in total. The van der Waals surface area contributed by atoms with Crippen LogP contribution in [0.4, 0.5) is 10.5 Å². The molecule has 5 nitrogen and oxygen atoms in total. The number of hydrogen-bond donors (Lipinski definition) is 1. The lowest BCUT2D eigenvalue weighted by Gasteiger charge is -2.34. The standard InChI is InChI=1S/C24H38N4O/c29-24(25-18-22-12-17-28(20-22)23-8-4-3-5-9-23)27-15-10-21(11-16-27)19-26-13-6-1-2-7-14-26/h3-5,8-9,21-22H,1-2,6-7,10-20H2,(H,25,29). The molecule has 3 heterocycles. The largest absolute Gasteiger partial charge is 0.371 e. The molecule has 160 valence electrons. The smallest absolute Gasteiger partial charge is 0.317 e. The summed E-state index contributed by atoms with van der Waals surface area (Å²) in [4.78, 5) is 19.8. The Balaban J connectivity index is 1.14. The summed E-state index contributed by atoms with van der Waals surface area (Å²) < 4.78 is 0. The minimum atomic E-state index is 0.149. The van der Waals surface area contributed by atoms with Crippen LogP contribution < -0.4 is 10.2 Å². The van der Waals surface area contributed by atoms with E-state index in [2.05, 4.69) is 45.4 Å². The Bertz CT molecular complexity index is 621. The van der Waals surface area contributed by atoms with Gasteiger partial charge in [-0.25, -0.2) is 4.79 Å². The van der Waals surface area contributed by atoms with Crippen molar-refractivity contribution in [2.45, 2.75) is 44.9 Å². The van der Waals surface area contributed by atoms with Crippen LogP contribution in [0.1, 0.15) is 44.9 Å². The average Bonchev–Trinajstić information content (AvgIpc) is 3.10. The lowest BCUT2D eigenvalue weighted by Crippen LogP contribution is -2.47. The number of carbonyl (C=O) groups is 1. The fraction of sp³-hybridized carbons (Fsp3) is 0.708. The van der Waals surface area contributed by atoms with Gasteiger partial charge in [0.1, 0.15) is 0 Å². The third-order valence-corrected chi connectivity index (χ3v) is 7.07. The van der Waals surface area contributed by atoms with E-state index in [0.29, 0.717) is 5.92 Å². The molecule has 0 spiro atoms. The summed E-state index contributed by atoms with van der Waals surface area (Å²) in [6.07, 6.45) is 9.02. The second-order valence-corrected chi connectivity index (χ2v) is 9.27. The van der Waals surface area contributed by atoms with Gasteiger partial charge >= 0.3 is 6.03 Å². The van der Waals surface area contributed by atoms with Crippen LogP contribution in [0.25, 0.3) is 0 Å². The van der Waals surface area contributed by atoms with Gasteiger partial charge in [0.05, 0.1) is 0 Å². The first-order valence-electron chi connectivity index (χ1n) is 11.8. The van der Waals surface area contributed by atoms with E-state index in [9.17, 15) is 4.79 Å². The number of likely N-dealkylation sites (tertiary alicyclic amines) is 2. The van der Waals surface area contributed by atoms with E-state index in [1.54, 1.807) is 0 Å². The Morgan fingerprint density at radius 1 is 0.862 bits per heavy atom. The van der Waals surface area contributed by atoms with Gasteiger partial charge in [-0.05, 0) is 69.2 Å². The first kappa shape index (κ1) is 20.5. The van der Waals surface area contributed by atoms with Gasteiger partial charge in [-0.2, -0.15) is 0 Å². The minimum Gasteiger partial charge on any atom is -0.371 e. The normalized spacial score (nSPS) is 24.5. The number of amides is 2. The van der Waals surface area contributed by atoms with Crippen molar-refractivity contribution in [1.82, 2.24) is 15.1 Å². The molecule has 3 saturated heterocycles. The number of piperidine rings is 1. The Hall–Kier alpha value is -1.75. The first-order valence-corrected chi connectivity index (χ1v) is 11.8. The maximum absolute atomic E-state index is 12.6. The van der Waals surface area contributed by atoms with Crippen LogP contribution in [0.5, 0.6) is 0 Å². The minimum absolute atomic E-state index is 0.149. The maximum atomic E-state index is 12.6. The lowest BCUT2D eigenvalue weighted by molar-refractivity contribution is 0.147. The Morgan fingerprint density at radius 2 is 1.55 bits per heavy atom. The number of rotatable bonds is 5. The van der Waals surface area contributed by atoms with Crippen LogP contribution in [0, 0.1) is 11.8 Å². The summed E-state index contributed by atoms with van der Waals surface area (Å²) in [6, 6.07) is 10.8. The van der Waals surface area contributed by atoms with E-state index in [1.807, 2.05) is 4.90 Å². The molecule has 1 aromatic carbocycles. The van der Waals surface area contributed by atoms with Gasteiger partial charge in [0.25, 0.3) is 0 Å². The van der Waals surface area contributed by atoms with E-state index in [1.165, 1.54) is 51.0 Å². The molecule has 0 bridgehead atoms. The quantitative estimate of drug-likeness (QED) is 0.820. The molecule has 3 aliphatic rings. The molecule has 4 rings (SSSR count).